The molecule has 0 N–H and O–H groups in total. The zero-order chi connectivity index (χ0) is 15.2. The van der Waals surface area contributed by atoms with E-state index in [0.29, 0.717) is 0 Å². The second-order valence-electron chi connectivity index (χ2n) is 5.48. The zero-order valence-electron chi connectivity index (χ0n) is 13.0. The molecule has 0 spiro atoms. The molecule has 0 aliphatic carbocycles. The Bertz CT molecular complexity index is 593. The third kappa shape index (κ3) is 4.37. The molecular weight excluding hydrogens is 328 g/mol. The molecule has 0 aromatic heterocycles. The van der Waals surface area contributed by atoms with Crippen molar-refractivity contribution in [3.8, 4) is 11.5 Å². The molecule has 2 aromatic rings. The SMILES string of the molecule is Cc1c(OCCCCBr)ccc2cc(OC(C)C)ccc12. The number of hydrogen-bond donors (Lipinski definition) is 0. The fourth-order valence-corrected chi connectivity index (χ4v) is 2.72. The minimum absolute atomic E-state index is 0.195. The van der Waals surface area contributed by atoms with E-state index >= 15 is 0 Å². The van der Waals surface area contributed by atoms with Gasteiger partial charge in [-0.25, -0.2) is 0 Å². The summed E-state index contributed by atoms with van der Waals surface area (Å²) >= 11 is 3.44. The average Bonchev–Trinajstić information content (AvgIpc) is 2.45. The Hall–Kier alpha value is -1.22. The summed E-state index contributed by atoms with van der Waals surface area (Å²) in [7, 11) is 0. The molecule has 21 heavy (non-hydrogen) atoms. The van der Waals surface area contributed by atoms with E-state index in [9.17, 15) is 0 Å². The van der Waals surface area contributed by atoms with Gasteiger partial charge in [0.25, 0.3) is 0 Å². The number of fused-ring (bicyclic) bond motifs is 1. The molecule has 2 rings (SSSR count). The van der Waals surface area contributed by atoms with Gasteiger partial charge in [-0.15, -0.1) is 0 Å². The van der Waals surface area contributed by atoms with Crippen molar-refractivity contribution in [3.63, 3.8) is 0 Å². The lowest BCUT2D eigenvalue weighted by atomic mass is 10.0. The normalized spacial score (nSPS) is 11.1. The maximum atomic E-state index is 5.89. The van der Waals surface area contributed by atoms with E-state index in [4.69, 9.17) is 9.47 Å². The highest BCUT2D eigenvalue weighted by molar-refractivity contribution is 9.09. The van der Waals surface area contributed by atoms with Gasteiger partial charge in [0.2, 0.25) is 0 Å². The summed E-state index contributed by atoms with van der Waals surface area (Å²) in [5.41, 5.74) is 1.20. The highest BCUT2D eigenvalue weighted by Crippen LogP contribution is 2.30. The monoisotopic (exact) mass is 350 g/mol. The first-order chi connectivity index (χ1) is 10.1. The molecule has 2 aromatic carbocycles. The van der Waals surface area contributed by atoms with Gasteiger partial charge in [-0.05, 0) is 68.1 Å². The maximum absolute atomic E-state index is 5.89. The molecule has 0 saturated heterocycles. The van der Waals surface area contributed by atoms with E-state index in [2.05, 4.69) is 47.1 Å². The van der Waals surface area contributed by atoms with Crippen LogP contribution in [-0.2, 0) is 0 Å². The Kier molecular flexibility index (Phi) is 5.92. The number of alkyl halides is 1. The predicted octanol–water partition coefficient (Wildman–Crippen LogP) is 5.49. The summed E-state index contributed by atoms with van der Waals surface area (Å²) in [6, 6.07) is 10.4. The van der Waals surface area contributed by atoms with Crippen molar-refractivity contribution in [2.75, 3.05) is 11.9 Å². The molecule has 2 nitrogen and oxygen atoms in total. The molecule has 114 valence electrons. The number of unbranched alkanes of at least 4 members (excludes halogenated alkanes) is 1. The van der Waals surface area contributed by atoms with Crippen molar-refractivity contribution < 1.29 is 9.47 Å². The molecule has 0 saturated carbocycles. The van der Waals surface area contributed by atoms with E-state index in [0.717, 1.165) is 36.3 Å². The minimum atomic E-state index is 0.195. The highest BCUT2D eigenvalue weighted by atomic mass is 79.9. The minimum Gasteiger partial charge on any atom is -0.493 e. The van der Waals surface area contributed by atoms with Crippen molar-refractivity contribution in [1.29, 1.82) is 0 Å². The molecule has 0 amide bonds. The second kappa shape index (κ2) is 7.69. The fraction of sp³-hybridized carbons (Fsp3) is 0.444. The number of halogens is 1. The van der Waals surface area contributed by atoms with Crippen LogP contribution < -0.4 is 9.47 Å². The van der Waals surface area contributed by atoms with E-state index in [-0.39, 0.29) is 6.10 Å². The zero-order valence-corrected chi connectivity index (χ0v) is 14.6. The summed E-state index contributed by atoms with van der Waals surface area (Å²) in [4.78, 5) is 0. The Morgan fingerprint density at radius 3 is 2.62 bits per heavy atom. The van der Waals surface area contributed by atoms with E-state index < -0.39 is 0 Å². The first kappa shape index (κ1) is 16.2. The number of rotatable bonds is 7. The average molecular weight is 351 g/mol. The van der Waals surface area contributed by atoms with Crippen LogP contribution >= 0.6 is 15.9 Å². The van der Waals surface area contributed by atoms with Gasteiger partial charge in [-0.1, -0.05) is 28.1 Å². The van der Waals surface area contributed by atoms with E-state index in [1.165, 1.54) is 16.3 Å². The van der Waals surface area contributed by atoms with E-state index in [1.54, 1.807) is 0 Å². The largest absolute Gasteiger partial charge is 0.493 e. The summed E-state index contributed by atoms with van der Waals surface area (Å²) < 4.78 is 11.6. The second-order valence-corrected chi connectivity index (χ2v) is 6.28. The molecule has 0 radical (unpaired) electrons. The number of hydrogen-bond acceptors (Lipinski definition) is 2. The van der Waals surface area contributed by atoms with Crippen LogP contribution in [0.15, 0.2) is 30.3 Å². The quantitative estimate of drug-likeness (QED) is 0.485. The van der Waals surface area contributed by atoms with Gasteiger partial charge >= 0.3 is 0 Å². The smallest absolute Gasteiger partial charge is 0.122 e. The van der Waals surface area contributed by atoms with Crippen LogP contribution in [0.1, 0.15) is 32.3 Å². The van der Waals surface area contributed by atoms with Crippen LogP contribution in [0.4, 0.5) is 0 Å². The van der Waals surface area contributed by atoms with Crippen LogP contribution in [0, 0.1) is 6.92 Å². The third-order valence-corrected chi connectivity index (χ3v) is 3.93. The number of ether oxygens (including phenoxy) is 2. The number of aryl methyl sites for hydroxylation is 1. The molecule has 0 heterocycles. The lowest BCUT2D eigenvalue weighted by molar-refractivity contribution is 0.243. The summed E-state index contributed by atoms with van der Waals surface area (Å²) in [5, 5.41) is 3.45. The Morgan fingerprint density at radius 2 is 1.90 bits per heavy atom. The Balaban J connectivity index is 2.18. The van der Waals surface area contributed by atoms with Crippen molar-refractivity contribution in [2.45, 2.75) is 39.7 Å². The molecular formula is C18H23BrO2. The van der Waals surface area contributed by atoms with Crippen LogP contribution in [0.2, 0.25) is 0 Å². The van der Waals surface area contributed by atoms with Gasteiger partial charge in [-0.2, -0.15) is 0 Å². The fourth-order valence-electron chi connectivity index (χ4n) is 2.32. The lowest BCUT2D eigenvalue weighted by Crippen LogP contribution is -2.05. The predicted molar refractivity (Wildman–Crippen MR) is 93.0 cm³/mol. The van der Waals surface area contributed by atoms with Crippen LogP contribution in [0.3, 0.4) is 0 Å². The molecule has 0 aliphatic heterocycles. The Morgan fingerprint density at radius 1 is 1.10 bits per heavy atom. The van der Waals surface area contributed by atoms with Gasteiger partial charge in [0, 0.05) is 5.33 Å². The van der Waals surface area contributed by atoms with Crippen LogP contribution in [0.5, 0.6) is 11.5 Å². The van der Waals surface area contributed by atoms with Crippen LogP contribution in [0.25, 0.3) is 10.8 Å². The molecule has 0 fully saturated rings. The van der Waals surface area contributed by atoms with Gasteiger partial charge < -0.3 is 9.47 Å². The van der Waals surface area contributed by atoms with Crippen molar-refractivity contribution in [1.82, 2.24) is 0 Å². The maximum Gasteiger partial charge on any atom is 0.122 e. The van der Waals surface area contributed by atoms with Gasteiger partial charge in [0.1, 0.15) is 11.5 Å². The van der Waals surface area contributed by atoms with E-state index in [1.807, 2.05) is 19.9 Å². The molecule has 0 atom stereocenters. The lowest BCUT2D eigenvalue weighted by Gasteiger charge is -2.13. The molecule has 0 bridgehead atoms. The highest BCUT2D eigenvalue weighted by Gasteiger charge is 2.06. The summed E-state index contributed by atoms with van der Waals surface area (Å²) in [5.74, 6) is 1.90. The Labute approximate surface area is 135 Å². The van der Waals surface area contributed by atoms with Crippen LogP contribution in [-0.4, -0.2) is 18.0 Å². The first-order valence-electron chi connectivity index (χ1n) is 7.50. The topological polar surface area (TPSA) is 18.5 Å². The first-order valence-corrected chi connectivity index (χ1v) is 8.62. The third-order valence-electron chi connectivity index (χ3n) is 3.37. The summed E-state index contributed by atoms with van der Waals surface area (Å²) in [6.45, 7) is 6.97. The van der Waals surface area contributed by atoms with Gasteiger partial charge in [-0.3, -0.25) is 0 Å². The molecule has 0 unspecified atom stereocenters. The molecule has 0 aliphatic rings. The van der Waals surface area contributed by atoms with Crippen molar-refractivity contribution >= 4 is 26.7 Å². The van der Waals surface area contributed by atoms with Gasteiger partial charge in [0.05, 0.1) is 12.7 Å². The summed E-state index contributed by atoms with van der Waals surface area (Å²) in [6.07, 6.45) is 2.41. The van der Waals surface area contributed by atoms with Crippen molar-refractivity contribution in [3.05, 3.63) is 35.9 Å². The molecule has 3 heteroatoms. The standard InChI is InChI=1S/C18H23BrO2/c1-13(2)21-16-7-8-17-14(3)18(9-6-15(17)12-16)20-11-5-4-10-19/h6-9,12-13H,4-5,10-11H2,1-3H3. The van der Waals surface area contributed by atoms with Crippen molar-refractivity contribution in [2.24, 2.45) is 0 Å². The van der Waals surface area contributed by atoms with Gasteiger partial charge in [0.15, 0.2) is 0 Å². The number of benzene rings is 2.